The van der Waals surface area contributed by atoms with E-state index < -0.39 is 11.6 Å². The smallest absolute Gasteiger partial charge is 0.325 e. The number of carbonyl (C=O) groups is 2. The summed E-state index contributed by atoms with van der Waals surface area (Å²) >= 11 is 1.66. The Morgan fingerprint density at radius 3 is 3.09 bits per heavy atom. The van der Waals surface area contributed by atoms with Gasteiger partial charge in [0.15, 0.2) is 11.6 Å². The zero-order chi connectivity index (χ0) is 15.2. The zero-order valence-corrected chi connectivity index (χ0v) is 12.3. The standard InChI is InChI=1S/C13H12N4O4S/c18-11-13(3-5-22-7-13)15-12(19)17(11)6-9-14-10(21-16-9)8-2-1-4-20-8/h1-2,4H,3,5-7H2,(H,15,19)/t13-/m1/s1. The lowest BCUT2D eigenvalue weighted by Gasteiger charge is -2.18. The number of carbonyl (C=O) groups excluding carboxylic acids is 2. The van der Waals surface area contributed by atoms with Crippen molar-refractivity contribution in [3.05, 3.63) is 24.2 Å². The quantitative estimate of drug-likeness (QED) is 0.849. The first kappa shape index (κ1) is 13.4. The number of hydrogen-bond donors (Lipinski definition) is 1. The lowest BCUT2D eigenvalue weighted by Crippen LogP contribution is -2.46. The Bertz CT molecular complexity index is 720. The molecule has 2 aliphatic heterocycles. The molecule has 0 bridgehead atoms. The molecule has 0 radical (unpaired) electrons. The van der Waals surface area contributed by atoms with Gasteiger partial charge in [-0.25, -0.2) is 4.79 Å². The van der Waals surface area contributed by atoms with Crippen LogP contribution in [0.25, 0.3) is 11.7 Å². The van der Waals surface area contributed by atoms with Crippen LogP contribution in [0.5, 0.6) is 0 Å². The molecule has 9 heteroatoms. The molecular weight excluding hydrogens is 308 g/mol. The van der Waals surface area contributed by atoms with Gasteiger partial charge in [0.05, 0.1) is 12.8 Å². The highest BCUT2D eigenvalue weighted by atomic mass is 32.2. The molecule has 4 heterocycles. The Morgan fingerprint density at radius 2 is 2.36 bits per heavy atom. The van der Waals surface area contributed by atoms with Crippen LogP contribution in [-0.2, 0) is 11.3 Å². The van der Waals surface area contributed by atoms with Gasteiger partial charge in [-0.05, 0) is 24.3 Å². The zero-order valence-electron chi connectivity index (χ0n) is 11.4. The van der Waals surface area contributed by atoms with Crippen LogP contribution < -0.4 is 5.32 Å². The first-order valence-electron chi connectivity index (χ1n) is 6.76. The molecule has 114 valence electrons. The largest absolute Gasteiger partial charge is 0.459 e. The topological polar surface area (TPSA) is 101 Å². The molecule has 1 spiro atoms. The Morgan fingerprint density at radius 1 is 1.45 bits per heavy atom. The predicted molar refractivity (Wildman–Crippen MR) is 75.8 cm³/mol. The molecule has 0 aromatic carbocycles. The summed E-state index contributed by atoms with van der Waals surface area (Å²) in [5.74, 6) is 2.19. The van der Waals surface area contributed by atoms with Crippen LogP contribution >= 0.6 is 11.8 Å². The van der Waals surface area contributed by atoms with Crippen molar-refractivity contribution >= 4 is 23.7 Å². The molecule has 22 heavy (non-hydrogen) atoms. The molecule has 3 amide bonds. The van der Waals surface area contributed by atoms with E-state index in [2.05, 4.69) is 15.5 Å². The minimum Gasteiger partial charge on any atom is -0.459 e. The lowest BCUT2D eigenvalue weighted by atomic mass is 9.99. The van der Waals surface area contributed by atoms with E-state index >= 15 is 0 Å². The summed E-state index contributed by atoms with van der Waals surface area (Å²) in [6.45, 7) is -0.0126. The van der Waals surface area contributed by atoms with Crippen molar-refractivity contribution in [1.82, 2.24) is 20.4 Å². The fourth-order valence-corrected chi connectivity index (χ4v) is 3.94. The maximum absolute atomic E-state index is 12.5. The SMILES string of the molecule is O=C1N[C@@]2(CCSC2)C(=O)N1Cc1noc(-c2ccco2)n1. The third kappa shape index (κ3) is 2.00. The van der Waals surface area contributed by atoms with E-state index in [0.717, 1.165) is 10.7 Å². The van der Waals surface area contributed by atoms with Gasteiger partial charge in [-0.1, -0.05) is 5.16 Å². The highest BCUT2D eigenvalue weighted by Gasteiger charge is 2.53. The lowest BCUT2D eigenvalue weighted by molar-refractivity contribution is -0.131. The summed E-state index contributed by atoms with van der Waals surface area (Å²) in [5.41, 5.74) is -0.755. The van der Waals surface area contributed by atoms with Crippen LogP contribution in [0.15, 0.2) is 27.3 Å². The van der Waals surface area contributed by atoms with E-state index in [1.54, 1.807) is 23.9 Å². The second-order valence-corrected chi connectivity index (χ2v) is 6.30. The van der Waals surface area contributed by atoms with Crippen LogP contribution in [0, 0.1) is 0 Å². The van der Waals surface area contributed by atoms with Crippen molar-refractivity contribution in [2.45, 2.75) is 18.5 Å². The molecule has 2 fully saturated rings. The van der Waals surface area contributed by atoms with Crippen LogP contribution in [0.2, 0.25) is 0 Å². The number of nitrogens with one attached hydrogen (secondary N) is 1. The number of hydrogen-bond acceptors (Lipinski definition) is 7. The second-order valence-electron chi connectivity index (χ2n) is 5.20. The number of amides is 3. The number of furan rings is 1. The summed E-state index contributed by atoms with van der Waals surface area (Å²) in [7, 11) is 0. The normalized spacial score (nSPS) is 24.5. The first-order chi connectivity index (χ1) is 10.7. The molecule has 1 N–H and O–H groups in total. The van der Waals surface area contributed by atoms with E-state index in [9.17, 15) is 9.59 Å². The van der Waals surface area contributed by atoms with Crippen LogP contribution in [-0.4, -0.2) is 44.0 Å². The first-order valence-corrected chi connectivity index (χ1v) is 7.92. The van der Waals surface area contributed by atoms with Gasteiger partial charge in [0.1, 0.15) is 5.54 Å². The molecular formula is C13H12N4O4S. The third-order valence-corrected chi connectivity index (χ3v) is 4.96. The highest BCUT2D eigenvalue weighted by molar-refractivity contribution is 7.99. The predicted octanol–water partition coefficient (Wildman–Crippen LogP) is 1.26. The van der Waals surface area contributed by atoms with Crippen molar-refractivity contribution in [3.63, 3.8) is 0 Å². The second kappa shape index (κ2) is 4.87. The molecule has 2 aromatic heterocycles. The molecule has 8 nitrogen and oxygen atoms in total. The highest BCUT2D eigenvalue weighted by Crippen LogP contribution is 2.33. The molecule has 0 unspecified atom stereocenters. The van der Waals surface area contributed by atoms with Crippen molar-refractivity contribution in [1.29, 1.82) is 0 Å². The van der Waals surface area contributed by atoms with Gasteiger partial charge in [-0.15, -0.1) is 0 Å². The van der Waals surface area contributed by atoms with E-state index in [1.165, 1.54) is 6.26 Å². The van der Waals surface area contributed by atoms with E-state index in [-0.39, 0.29) is 24.2 Å². The van der Waals surface area contributed by atoms with Gasteiger partial charge < -0.3 is 14.3 Å². The molecule has 2 aromatic rings. The number of urea groups is 1. The summed E-state index contributed by atoms with van der Waals surface area (Å²) in [4.78, 5) is 29.9. The number of imide groups is 1. The average Bonchev–Trinajstić information content (AvgIpc) is 3.25. The molecule has 0 aliphatic carbocycles. The average molecular weight is 320 g/mol. The van der Waals surface area contributed by atoms with Gasteiger partial charge in [0, 0.05) is 5.75 Å². The number of thioether (sulfide) groups is 1. The minimum atomic E-state index is -0.755. The minimum absolute atomic E-state index is 0.0126. The molecule has 2 aliphatic rings. The van der Waals surface area contributed by atoms with E-state index in [4.69, 9.17) is 8.94 Å². The van der Waals surface area contributed by atoms with E-state index in [0.29, 0.717) is 17.9 Å². The van der Waals surface area contributed by atoms with Crippen molar-refractivity contribution in [2.75, 3.05) is 11.5 Å². The van der Waals surface area contributed by atoms with Gasteiger partial charge >= 0.3 is 6.03 Å². The molecule has 0 saturated carbocycles. The Labute approximate surface area is 129 Å². The summed E-state index contributed by atoms with van der Waals surface area (Å²) < 4.78 is 10.2. The summed E-state index contributed by atoms with van der Waals surface area (Å²) in [5, 5.41) is 6.59. The molecule has 2 saturated heterocycles. The van der Waals surface area contributed by atoms with E-state index in [1.807, 2.05) is 0 Å². The van der Waals surface area contributed by atoms with Gasteiger partial charge in [0.25, 0.3) is 11.8 Å². The maximum Gasteiger partial charge on any atom is 0.325 e. The van der Waals surface area contributed by atoms with Crippen molar-refractivity contribution < 1.29 is 18.5 Å². The van der Waals surface area contributed by atoms with Crippen LogP contribution in [0.3, 0.4) is 0 Å². The fourth-order valence-electron chi connectivity index (χ4n) is 2.61. The summed E-state index contributed by atoms with van der Waals surface area (Å²) in [6, 6.07) is 2.99. The summed E-state index contributed by atoms with van der Waals surface area (Å²) in [6.07, 6.45) is 2.15. The monoisotopic (exact) mass is 320 g/mol. The fraction of sp³-hybridized carbons (Fsp3) is 0.385. The molecule has 4 rings (SSSR count). The van der Waals surface area contributed by atoms with Crippen LogP contribution in [0.4, 0.5) is 4.79 Å². The van der Waals surface area contributed by atoms with Gasteiger partial charge in [-0.2, -0.15) is 16.7 Å². The van der Waals surface area contributed by atoms with Crippen LogP contribution in [0.1, 0.15) is 12.2 Å². The Hall–Kier alpha value is -2.29. The van der Waals surface area contributed by atoms with Crippen molar-refractivity contribution in [2.24, 2.45) is 0 Å². The Balaban J connectivity index is 1.54. The molecule has 1 atom stereocenters. The number of rotatable bonds is 3. The van der Waals surface area contributed by atoms with Gasteiger partial charge in [0.2, 0.25) is 0 Å². The maximum atomic E-state index is 12.5. The number of nitrogens with zero attached hydrogens (tertiary/aromatic N) is 3. The van der Waals surface area contributed by atoms with Gasteiger partial charge in [-0.3, -0.25) is 9.69 Å². The Kier molecular flexibility index (Phi) is 2.96. The number of aromatic nitrogens is 2. The van der Waals surface area contributed by atoms with Crippen molar-refractivity contribution in [3.8, 4) is 11.7 Å². The third-order valence-electron chi connectivity index (χ3n) is 3.77.